The number of amides is 2. The number of morpholine rings is 1. The van der Waals surface area contributed by atoms with Gasteiger partial charge in [0, 0.05) is 26.2 Å². The maximum atomic E-state index is 13.7. The van der Waals surface area contributed by atoms with Gasteiger partial charge in [-0.15, -0.1) is 0 Å². The molecule has 2 aromatic rings. The number of carbonyl (C=O) groups excluding carboxylic acids is 2. The van der Waals surface area contributed by atoms with E-state index in [2.05, 4.69) is 28.4 Å². The number of nitrogens with zero attached hydrogens (tertiary/aromatic N) is 3. The summed E-state index contributed by atoms with van der Waals surface area (Å²) in [7, 11) is 0. The molecule has 2 fully saturated rings. The lowest BCUT2D eigenvalue weighted by atomic mass is 9.71. The van der Waals surface area contributed by atoms with Gasteiger partial charge in [0.1, 0.15) is 4.88 Å². The molecule has 0 aliphatic carbocycles. The molecule has 0 bridgehead atoms. The summed E-state index contributed by atoms with van der Waals surface area (Å²) < 4.78 is 5.42. The second-order valence-electron chi connectivity index (χ2n) is 9.21. The van der Waals surface area contributed by atoms with Gasteiger partial charge in [0.05, 0.1) is 30.9 Å². The first-order valence-electron chi connectivity index (χ1n) is 12.4. The van der Waals surface area contributed by atoms with Crippen LogP contribution in [0.3, 0.4) is 0 Å². The van der Waals surface area contributed by atoms with E-state index in [9.17, 15) is 9.59 Å². The predicted molar refractivity (Wildman–Crippen MR) is 144 cm³/mol. The predicted octanol–water partition coefficient (Wildman–Crippen LogP) is 3.96. The number of carbonyl (C=O) groups is 2. The van der Waals surface area contributed by atoms with E-state index in [0.717, 1.165) is 29.4 Å². The van der Waals surface area contributed by atoms with Crippen LogP contribution in [0.1, 0.15) is 35.0 Å². The van der Waals surface area contributed by atoms with Crippen molar-refractivity contribution in [3.8, 4) is 0 Å². The number of nitrogens with one attached hydrogen (secondary N) is 1. The van der Waals surface area contributed by atoms with Crippen molar-refractivity contribution in [3.63, 3.8) is 0 Å². The fourth-order valence-corrected chi connectivity index (χ4v) is 5.62. The van der Waals surface area contributed by atoms with Gasteiger partial charge in [-0.25, -0.2) is 4.98 Å². The van der Waals surface area contributed by atoms with E-state index >= 15 is 0 Å². The lowest BCUT2D eigenvalue weighted by Crippen LogP contribution is -2.54. The van der Waals surface area contributed by atoms with Crippen molar-refractivity contribution in [1.29, 1.82) is 0 Å². The van der Waals surface area contributed by atoms with Gasteiger partial charge >= 0.3 is 0 Å². The monoisotopic (exact) mass is 506 g/mol. The Kier molecular flexibility index (Phi) is 8.38. The van der Waals surface area contributed by atoms with Crippen LogP contribution in [0.25, 0.3) is 0 Å². The summed E-state index contributed by atoms with van der Waals surface area (Å²) in [6.07, 6.45) is 8.12. The number of benzene rings is 1. The first-order valence-corrected chi connectivity index (χ1v) is 13.2. The van der Waals surface area contributed by atoms with Crippen molar-refractivity contribution < 1.29 is 14.3 Å². The van der Waals surface area contributed by atoms with Crippen LogP contribution in [0.5, 0.6) is 0 Å². The number of hydrogen-bond donors (Lipinski definition) is 1. The van der Waals surface area contributed by atoms with Crippen molar-refractivity contribution >= 4 is 28.3 Å². The van der Waals surface area contributed by atoms with E-state index in [1.165, 1.54) is 11.3 Å². The summed E-state index contributed by atoms with van der Waals surface area (Å²) in [4.78, 5) is 36.1. The van der Waals surface area contributed by atoms with E-state index in [0.29, 0.717) is 44.0 Å². The fourth-order valence-electron chi connectivity index (χ4n) is 4.68. The van der Waals surface area contributed by atoms with Gasteiger partial charge in [-0.2, -0.15) is 0 Å². The van der Waals surface area contributed by atoms with Crippen molar-refractivity contribution in [2.24, 2.45) is 0 Å². The summed E-state index contributed by atoms with van der Waals surface area (Å²) >= 11 is 1.43. The fraction of sp³-hybridized carbons (Fsp3) is 0.393. The summed E-state index contributed by atoms with van der Waals surface area (Å²) in [5.41, 5.74) is 1.07. The first-order chi connectivity index (χ1) is 17.4. The maximum Gasteiger partial charge on any atom is 0.265 e. The smallest absolute Gasteiger partial charge is 0.265 e. The van der Waals surface area contributed by atoms with E-state index in [1.807, 2.05) is 54.3 Å². The zero-order valence-electron chi connectivity index (χ0n) is 20.8. The molecule has 2 amide bonds. The van der Waals surface area contributed by atoms with Gasteiger partial charge in [-0.05, 0) is 30.9 Å². The van der Waals surface area contributed by atoms with E-state index < -0.39 is 5.41 Å². The Balaban J connectivity index is 1.47. The molecule has 36 heavy (non-hydrogen) atoms. The Bertz CT molecular complexity index is 1110. The van der Waals surface area contributed by atoms with Crippen LogP contribution in [0, 0.1) is 0 Å². The quantitative estimate of drug-likeness (QED) is 0.549. The standard InChI is InChI=1S/C28H34N4O3S/c1-4-5-9-21(2)22(3)30-26(34)28(23-10-7-6-8-11-23)12-14-31(15-13-28)25(33)24-20-29-27(36-24)32-16-18-35-19-17-32/h4-11,20,22H,1-2,12-19H2,3H3,(H,30,34)/b9-5-/t22-/m0/s1. The van der Waals surface area contributed by atoms with Crippen LogP contribution < -0.4 is 10.2 Å². The minimum absolute atomic E-state index is 0.0228. The molecule has 1 aromatic carbocycles. The molecule has 0 radical (unpaired) electrons. The molecule has 3 heterocycles. The van der Waals surface area contributed by atoms with Crippen molar-refractivity contribution in [1.82, 2.24) is 15.2 Å². The molecule has 0 unspecified atom stereocenters. The number of thiazole rings is 1. The highest BCUT2D eigenvalue weighted by atomic mass is 32.1. The van der Waals surface area contributed by atoms with Gasteiger partial charge in [0.25, 0.3) is 5.91 Å². The molecule has 2 aliphatic rings. The number of anilines is 1. The van der Waals surface area contributed by atoms with E-state index in [1.54, 1.807) is 12.3 Å². The molecule has 2 saturated heterocycles. The van der Waals surface area contributed by atoms with Crippen LogP contribution in [0.2, 0.25) is 0 Å². The lowest BCUT2D eigenvalue weighted by Gasteiger charge is -2.41. The highest BCUT2D eigenvalue weighted by molar-refractivity contribution is 7.17. The van der Waals surface area contributed by atoms with Gasteiger partial charge < -0.3 is 19.9 Å². The van der Waals surface area contributed by atoms with Crippen molar-refractivity contribution in [2.45, 2.75) is 31.2 Å². The molecule has 2 aliphatic heterocycles. The molecule has 7 nitrogen and oxygen atoms in total. The van der Waals surface area contributed by atoms with E-state index in [4.69, 9.17) is 4.74 Å². The van der Waals surface area contributed by atoms with Gasteiger partial charge in [-0.1, -0.05) is 73.1 Å². The summed E-state index contributed by atoms with van der Waals surface area (Å²) in [6, 6.07) is 9.67. The Hall–Kier alpha value is -3.23. The highest BCUT2D eigenvalue weighted by Gasteiger charge is 2.44. The molecular formula is C28H34N4O3S. The number of likely N-dealkylation sites (tertiary alicyclic amines) is 1. The molecule has 190 valence electrons. The zero-order valence-corrected chi connectivity index (χ0v) is 21.6. The van der Waals surface area contributed by atoms with Crippen LogP contribution in [0.15, 0.2) is 73.5 Å². The van der Waals surface area contributed by atoms with Crippen LogP contribution in [-0.4, -0.2) is 67.1 Å². The Labute approximate surface area is 217 Å². The zero-order chi connectivity index (χ0) is 25.5. The summed E-state index contributed by atoms with van der Waals surface area (Å²) in [5, 5.41) is 4.02. The molecule has 8 heteroatoms. The Morgan fingerprint density at radius 1 is 1.17 bits per heavy atom. The second-order valence-corrected chi connectivity index (χ2v) is 10.2. The lowest BCUT2D eigenvalue weighted by molar-refractivity contribution is -0.128. The van der Waals surface area contributed by atoms with Crippen molar-refractivity contribution in [2.75, 3.05) is 44.3 Å². The van der Waals surface area contributed by atoms with Crippen molar-refractivity contribution in [3.05, 3.63) is 83.9 Å². The summed E-state index contributed by atoms with van der Waals surface area (Å²) in [5.74, 6) is -0.0563. The van der Waals surface area contributed by atoms with Gasteiger partial charge in [0.2, 0.25) is 5.91 Å². The SMILES string of the molecule is C=C/C=C\C(=C)[C@H](C)NC(=O)C1(c2ccccc2)CCN(C(=O)c2cnc(N3CCOCC3)s2)CC1. The third kappa shape index (κ3) is 5.60. The topological polar surface area (TPSA) is 74.8 Å². The number of hydrogen-bond acceptors (Lipinski definition) is 6. The molecule has 4 rings (SSSR count). The average molecular weight is 507 g/mol. The Morgan fingerprint density at radius 3 is 2.53 bits per heavy atom. The largest absolute Gasteiger partial charge is 0.378 e. The van der Waals surface area contributed by atoms with Gasteiger partial charge in [0.15, 0.2) is 5.13 Å². The molecule has 1 aromatic heterocycles. The maximum absolute atomic E-state index is 13.7. The molecule has 1 N–H and O–H groups in total. The molecule has 0 saturated carbocycles. The third-order valence-electron chi connectivity index (χ3n) is 7.00. The Morgan fingerprint density at radius 2 is 1.86 bits per heavy atom. The minimum atomic E-state index is -0.707. The minimum Gasteiger partial charge on any atom is -0.378 e. The number of allylic oxidation sites excluding steroid dienone is 2. The number of rotatable bonds is 8. The highest BCUT2D eigenvalue weighted by Crippen LogP contribution is 2.37. The van der Waals surface area contributed by atoms with E-state index in [-0.39, 0.29) is 17.9 Å². The third-order valence-corrected chi connectivity index (χ3v) is 8.05. The normalized spacial score (nSPS) is 18.6. The summed E-state index contributed by atoms with van der Waals surface area (Å²) in [6.45, 7) is 13.6. The van der Waals surface area contributed by atoms with Crippen LogP contribution in [0.4, 0.5) is 5.13 Å². The second kappa shape index (κ2) is 11.7. The molecule has 0 spiro atoms. The molecule has 1 atom stereocenters. The van der Waals surface area contributed by atoms with Crippen LogP contribution in [-0.2, 0) is 14.9 Å². The number of ether oxygens (including phenoxy) is 1. The number of piperidine rings is 1. The van der Waals surface area contributed by atoms with Crippen LogP contribution >= 0.6 is 11.3 Å². The average Bonchev–Trinajstić information content (AvgIpc) is 3.42. The first kappa shape index (κ1) is 25.9. The number of aromatic nitrogens is 1. The van der Waals surface area contributed by atoms with Gasteiger partial charge in [-0.3, -0.25) is 9.59 Å². The molecular weight excluding hydrogens is 472 g/mol.